The maximum Gasteiger partial charge on any atom is 0.573 e. The Bertz CT molecular complexity index is 951. The van der Waals surface area contributed by atoms with E-state index < -0.39 is 17.7 Å². The van der Waals surface area contributed by atoms with Crippen molar-refractivity contribution >= 4 is 44.5 Å². The topological polar surface area (TPSA) is 66.1 Å². The summed E-state index contributed by atoms with van der Waals surface area (Å²) in [5, 5.41) is 0. The van der Waals surface area contributed by atoms with Crippen molar-refractivity contribution in [2.45, 2.75) is 11.9 Å². The number of benzene rings is 2. The molecule has 0 saturated heterocycles. The third-order valence-corrected chi connectivity index (χ3v) is 5.33. The summed E-state index contributed by atoms with van der Waals surface area (Å²) in [5.41, 5.74) is 6.02. The Hall–Kier alpha value is -1.69. The van der Waals surface area contributed by atoms with Crippen molar-refractivity contribution in [3.63, 3.8) is 0 Å². The lowest BCUT2D eigenvalue weighted by Crippen LogP contribution is -2.31. The van der Waals surface area contributed by atoms with E-state index in [1.54, 1.807) is 6.07 Å². The molecule has 0 aromatic heterocycles. The van der Waals surface area contributed by atoms with E-state index in [1.807, 2.05) is 12.1 Å². The van der Waals surface area contributed by atoms with Crippen LogP contribution in [0.3, 0.4) is 0 Å². The van der Waals surface area contributed by atoms with Crippen LogP contribution in [0.25, 0.3) is 0 Å². The zero-order valence-corrected chi connectivity index (χ0v) is 16.5. The Morgan fingerprint density at radius 3 is 2.58 bits per heavy atom. The SMILES string of the molecule is NC1=NC2(CO1)c1cc(I)ccc1Oc1cc(OC(F)(F)F)c(Br)cc12. The van der Waals surface area contributed by atoms with Gasteiger partial charge in [0, 0.05) is 20.8 Å². The molecule has 0 fully saturated rings. The van der Waals surface area contributed by atoms with Crippen LogP contribution in [0.1, 0.15) is 11.1 Å². The molecule has 10 heteroatoms. The molecule has 5 nitrogen and oxygen atoms in total. The van der Waals surface area contributed by atoms with Crippen molar-refractivity contribution in [2.75, 3.05) is 6.61 Å². The molecule has 0 saturated carbocycles. The van der Waals surface area contributed by atoms with Gasteiger partial charge >= 0.3 is 6.36 Å². The molecule has 2 aliphatic heterocycles. The van der Waals surface area contributed by atoms with Crippen molar-refractivity contribution in [1.82, 2.24) is 0 Å². The number of halogens is 5. The fourth-order valence-corrected chi connectivity index (χ4v) is 3.95. The summed E-state index contributed by atoms with van der Waals surface area (Å²) < 4.78 is 54.3. The number of amidine groups is 1. The van der Waals surface area contributed by atoms with Gasteiger partial charge in [0.2, 0.25) is 0 Å². The first-order valence-corrected chi connectivity index (χ1v) is 9.11. The van der Waals surface area contributed by atoms with E-state index in [0.29, 0.717) is 11.3 Å². The fourth-order valence-electron chi connectivity index (χ4n) is 3.03. The molecular formula is C16H9BrF3IN2O3. The number of aliphatic imine (C=N–C) groups is 1. The minimum atomic E-state index is -4.82. The fraction of sp³-hybridized carbons (Fsp3) is 0.188. The van der Waals surface area contributed by atoms with E-state index in [4.69, 9.17) is 15.2 Å². The van der Waals surface area contributed by atoms with Crippen LogP contribution < -0.4 is 15.2 Å². The van der Waals surface area contributed by atoms with E-state index in [0.717, 1.165) is 9.13 Å². The molecule has 0 bridgehead atoms. The molecule has 1 spiro atoms. The monoisotopic (exact) mass is 540 g/mol. The summed E-state index contributed by atoms with van der Waals surface area (Å²) in [6.45, 7) is 0.119. The van der Waals surface area contributed by atoms with Crippen molar-refractivity contribution in [2.24, 2.45) is 10.7 Å². The Morgan fingerprint density at radius 2 is 1.92 bits per heavy atom. The Labute approximate surface area is 167 Å². The van der Waals surface area contributed by atoms with E-state index >= 15 is 0 Å². The average molecular weight is 541 g/mol. The Balaban J connectivity index is 1.93. The predicted molar refractivity (Wildman–Crippen MR) is 98.4 cm³/mol. The van der Waals surface area contributed by atoms with Crippen LogP contribution in [0, 0.1) is 3.57 Å². The second-order valence-corrected chi connectivity index (χ2v) is 7.77. The molecule has 2 heterocycles. The molecule has 2 aromatic carbocycles. The summed E-state index contributed by atoms with van der Waals surface area (Å²) in [6, 6.07) is 8.13. The normalized spacial score (nSPS) is 20.7. The number of hydrogen-bond acceptors (Lipinski definition) is 5. The molecule has 26 heavy (non-hydrogen) atoms. The molecule has 0 amide bonds. The van der Waals surface area contributed by atoms with Gasteiger partial charge in [0.25, 0.3) is 6.02 Å². The number of alkyl halides is 3. The van der Waals surface area contributed by atoms with Crippen molar-refractivity contribution in [3.8, 4) is 17.2 Å². The van der Waals surface area contributed by atoms with Crippen LogP contribution in [0.5, 0.6) is 17.2 Å². The number of hydrogen-bond donors (Lipinski definition) is 1. The second-order valence-electron chi connectivity index (χ2n) is 5.67. The van der Waals surface area contributed by atoms with Gasteiger partial charge in [0.15, 0.2) is 5.54 Å². The van der Waals surface area contributed by atoms with Crippen molar-refractivity contribution in [3.05, 3.63) is 49.5 Å². The first-order chi connectivity index (χ1) is 12.2. The van der Waals surface area contributed by atoms with Crippen LogP contribution in [0.15, 0.2) is 39.8 Å². The summed E-state index contributed by atoms with van der Waals surface area (Å²) in [6.07, 6.45) is -4.82. The van der Waals surface area contributed by atoms with Gasteiger partial charge in [-0.2, -0.15) is 0 Å². The maximum absolute atomic E-state index is 12.6. The van der Waals surface area contributed by atoms with Gasteiger partial charge < -0.3 is 19.9 Å². The largest absolute Gasteiger partial charge is 0.573 e. The highest BCUT2D eigenvalue weighted by molar-refractivity contribution is 14.1. The summed E-state index contributed by atoms with van der Waals surface area (Å²) >= 11 is 5.28. The lowest BCUT2D eigenvalue weighted by atomic mass is 9.81. The van der Waals surface area contributed by atoms with E-state index in [2.05, 4.69) is 48.3 Å². The quantitative estimate of drug-likeness (QED) is 0.535. The molecule has 0 aliphatic carbocycles. The minimum Gasteiger partial charge on any atom is -0.462 e. The summed E-state index contributed by atoms with van der Waals surface area (Å²) in [5.74, 6) is 0.264. The summed E-state index contributed by atoms with van der Waals surface area (Å²) in [4.78, 5) is 4.45. The average Bonchev–Trinajstić information content (AvgIpc) is 2.92. The third-order valence-electron chi connectivity index (χ3n) is 4.04. The molecule has 136 valence electrons. The van der Waals surface area contributed by atoms with Gasteiger partial charge in [-0.1, -0.05) is 0 Å². The van der Waals surface area contributed by atoms with E-state index in [9.17, 15) is 13.2 Å². The van der Waals surface area contributed by atoms with E-state index in [1.165, 1.54) is 12.1 Å². The van der Waals surface area contributed by atoms with Crippen LogP contribution in [-0.2, 0) is 10.3 Å². The molecule has 2 N–H and O–H groups in total. The molecule has 1 atom stereocenters. The predicted octanol–water partition coefficient (Wildman–Crippen LogP) is 4.65. The Morgan fingerprint density at radius 1 is 1.19 bits per heavy atom. The number of rotatable bonds is 1. The van der Waals surface area contributed by atoms with Gasteiger partial charge in [0.05, 0.1) is 4.47 Å². The second kappa shape index (κ2) is 5.91. The molecule has 1 unspecified atom stereocenters. The van der Waals surface area contributed by atoms with Crippen molar-refractivity contribution in [1.29, 1.82) is 0 Å². The molecule has 4 rings (SSSR count). The lowest BCUT2D eigenvalue weighted by molar-refractivity contribution is -0.274. The highest BCUT2D eigenvalue weighted by Gasteiger charge is 2.47. The molecule has 0 radical (unpaired) electrons. The van der Waals surface area contributed by atoms with Gasteiger partial charge in [-0.25, -0.2) is 4.99 Å². The standard InChI is InChI=1S/C16H9BrF3IN2O3/c17-10-4-9-12(5-13(10)26-16(18,19)20)25-11-2-1-7(21)3-8(11)15(9)6-24-14(22)23-15/h1-5H,6H2,(H2,22,23). The number of fused-ring (bicyclic) bond motifs is 4. The highest BCUT2D eigenvalue weighted by Crippen LogP contribution is 2.53. The summed E-state index contributed by atoms with van der Waals surface area (Å²) in [7, 11) is 0. The number of nitrogens with zero attached hydrogens (tertiary/aromatic N) is 1. The molecule has 2 aliphatic rings. The molecular weight excluding hydrogens is 532 g/mol. The van der Waals surface area contributed by atoms with Gasteiger partial charge in [0.1, 0.15) is 23.9 Å². The van der Waals surface area contributed by atoms with Gasteiger partial charge in [-0.05, 0) is 62.8 Å². The highest BCUT2D eigenvalue weighted by atomic mass is 127. The van der Waals surface area contributed by atoms with Gasteiger partial charge in [-0.3, -0.25) is 0 Å². The zero-order valence-electron chi connectivity index (χ0n) is 12.7. The maximum atomic E-state index is 12.6. The van der Waals surface area contributed by atoms with E-state index in [-0.39, 0.29) is 22.9 Å². The number of nitrogens with two attached hydrogens (primary N) is 1. The first kappa shape index (κ1) is 17.7. The molecule has 2 aromatic rings. The van der Waals surface area contributed by atoms with Crippen LogP contribution >= 0.6 is 38.5 Å². The number of ether oxygens (including phenoxy) is 3. The zero-order chi connectivity index (χ0) is 18.7. The first-order valence-electron chi connectivity index (χ1n) is 7.24. The van der Waals surface area contributed by atoms with Crippen LogP contribution in [0.2, 0.25) is 0 Å². The van der Waals surface area contributed by atoms with Crippen molar-refractivity contribution < 1.29 is 27.4 Å². The van der Waals surface area contributed by atoms with Gasteiger partial charge in [-0.15, -0.1) is 13.2 Å². The lowest BCUT2D eigenvalue weighted by Gasteiger charge is -2.34. The minimum absolute atomic E-state index is 0.00871. The van der Waals surface area contributed by atoms with Crippen LogP contribution in [-0.4, -0.2) is 19.0 Å². The Kier molecular flexibility index (Phi) is 4.03. The smallest absolute Gasteiger partial charge is 0.462 e. The third kappa shape index (κ3) is 2.88. The van der Waals surface area contributed by atoms with Crippen LogP contribution in [0.4, 0.5) is 13.2 Å².